The highest BCUT2D eigenvalue weighted by Gasteiger charge is 1.81. The van der Waals surface area contributed by atoms with Gasteiger partial charge in [0.2, 0.25) is 5.39 Å². The van der Waals surface area contributed by atoms with E-state index in [4.69, 9.17) is 5.39 Å². The molecule has 0 spiro atoms. The van der Waals surface area contributed by atoms with Crippen molar-refractivity contribution in [1.29, 1.82) is 5.39 Å². The molecule has 0 bridgehead atoms. The second-order valence-electron chi connectivity index (χ2n) is 0.589. The molecular weight excluding hydrogens is 84.1 g/mol. The molecule has 0 radical (unpaired) electrons. The minimum atomic E-state index is 0.434. The molecular formula is C2H5N2S+. The van der Waals surface area contributed by atoms with Gasteiger partial charge in [-0.25, -0.2) is 0 Å². The van der Waals surface area contributed by atoms with Crippen molar-refractivity contribution >= 4 is 12.6 Å². The highest BCUT2D eigenvalue weighted by atomic mass is 32.1. The molecule has 0 N–H and O–H groups in total. The molecule has 28 valence electrons. The van der Waals surface area contributed by atoms with Crippen molar-refractivity contribution in [3.63, 3.8) is 0 Å². The summed E-state index contributed by atoms with van der Waals surface area (Å²) in [6.07, 6.45) is 0. The Morgan fingerprint density at radius 1 is 1.80 bits per heavy atom. The first-order chi connectivity index (χ1) is 2.41. The lowest BCUT2D eigenvalue weighted by molar-refractivity contribution is 1.27. The third-order valence-corrected chi connectivity index (χ3v) is 0.400. The Labute approximate surface area is 36.2 Å². The van der Waals surface area contributed by atoms with E-state index in [1.54, 1.807) is 0 Å². The fourth-order valence-electron chi connectivity index (χ4n) is 0.0447. The van der Waals surface area contributed by atoms with Crippen LogP contribution in [0.4, 0.5) is 0 Å². The minimum absolute atomic E-state index is 0.434. The second kappa shape index (κ2) is 3.77. The molecule has 5 heavy (non-hydrogen) atoms. The van der Waals surface area contributed by atoms with Gasteiger partial charge in [-0.3, -0.25) is 0 Å². The zero-order chi connectivity index (χ0) is 4.12. The van der Waals surface area contributed by atoms with E-state index in [9.17, 15) is 0 Å². The number of hydrogen-bond acceptors (Lipinski definition) is 2. The highest BCUT2D eigenvalue weighted by molar-refractivity contribution is 7.80. The van der Waals surface area contributed by atoms with E-state index in [-0.39, 0.29) is 0 Å². The minimum Gasteiger partial charge on any atom is -0.171 e. The van der Waals surface area contributed by atoms with Gasteiger partial charge in [0.1, 0.15) is 4.98 Å². The Morgan fingerprint density at radius 2 is 2.40 bits per heavy atom. The molecule has 0 aliphatic carbocycles. The fourth-order valence-corrected chi connectivity index (χ4v) is 0.134. The first-order valence-corrected chi connectivity index (χ1v) is 1.96. The Bertz CT molecular complexity index is 46.1. The van der Waals surface area contributed by atoms with E-state index in [1.807, 2.05) is 0 Å². The molecule has 0 saturated heterocycles. The molecule has 0 heterocycles. The number of hydrogen-bond donors (Lipinski definition) is 1. The average molecular weight is 89.1 g/mol. The topological polar surface area (TPSA) is 28.1 Å². The largest absolute Gasteiger partial charge is 0.314 e. The monoisotopic (exact) mass is 89.0 g/mol. The number of rotatable bonds is 1. The third-order valence-electron chi connectivity index (χ3n) is 0.200. The van der Waals surface area contributed by atoms with E-state index in [0.29, 0.717) is 12.3 Å². The predicted octanol–water partition coefficient (Wildman–Crippen LogP) is 0.769. The molecule has 0 rings (SSSR count). The lowest BCUT2D eigenvalue weighted by Gasteiger charge is -1.53. The summed E-state index contributed by atoms with van der Waals surface area (Å²) in [4.78, 5) is 2.78. The lowest BCUT2D eigenvalue weighted by atomic mass is 10.8. The quantitative estimate of drug-likeness (QED) is 0.373. The van der Waals surface area contributed by atoms with Gasteiger partial charge >= 0.3 is 6.54 Å². The van der Waals surface area contributed by atoms with E-state index in [0.717, 1.165) is 0 Å². The first kappa shape index (κ1) is 4.77. The van der Waals surface area contributed by atoms with E-state index < -0.39 is 0 Å². The Morgan fingerprint density at radius 3 is 2.40 bits per heavy atom. The molecule has 0 aliphatic rings. The Hall–Kier alpha value is -0.230. The van der Waals surface area contributed by atoms with Crippen molar-refractivity contribution in [2.75, 3.05) is 12.3 Å². The van der Waals surface area contributed by atoms with Crippen LogP contribution in [0.25, 0.3) is 4.98 Å². The zero-order valence-corrected chi connectivity index (χ0v) is 3.65. The van der Waals surface area contributed by atoms with Crippen molar-refractivity contribution < 1.29 is 0 Å². The molecule has 0 atom stereocenters. The molecule has 3 heteroatoms. The Balaban J connectivity index is 2.48. The average Bonchev–Trinajstić information content (AvgIpc) is 1.41. The summed E-state index contributed by atoms with van der Waals surface area (Å²) in [6.45, 7) is 0.434. The highest BCUT2D eigenvalue weighted by Crippen LogP contribution is 1.69. The summed E-state index contributed by atoms with van der Waals surface area (Å²) in [7, 11) is 0. The Kier molecular flexibility index (Phi) is 3.60. The van der Waals surface area contributed by atoms with Gasteiger partial charge in [0.05, 0.1) is 5.75 Å². The normalized spacial score (nSPS) is 6.40. The third kappa shape index (κ3) is 3.77. The number of thiol groups is 1. The molecule has 0 amide bonds. The van der Waals surface area contributed by atoms with Gasteiger partial charge in [-0.2, -0.15) is 12.6 Å². The van der Waals surface area contributed by atoms with Crippen LogP contribution in [-0.4, -0.2) is 12.3 Å². The van der Waals surface area contributed by atoms with Crippen molar-refractivity contribution in [3.8, 4) is 0 Å². The summed E-state index contributed by atoms with van der Waals surface area (Å²) in [5.41, 5.74) is 0. The van der Waals surface area contributed by atoms with Crippen LogP contribution in [0.5, 0.6) is 0 Å². The van der Waals surface area contributed by atoms with Crippen molar-refractivity contribution in [3.05, 3.63) is 4.98 Å². The van der Waals surface area contributed by atoms with Crippen LogP contribution in [0, 0.1) is 5.39 Å². The maximum absolute atomic E-state index is 7.64. The second-order valence-corrected chi connectivity index (χ2v) is 1.04. The van der Waals surface area contributed by atoms with E-state index >= 15 is 0 Å². The maximum atomic E-state index is 7.64. The summed E-state index contributed by atoms with van der Waals surface area (Å²) in [5.74, 6) is 0.622. The van der Waals surface area contributed by atoms with Gasteiger partial charge in [0, 0.05) is 0 Å². The van der Waals surface area contributed by atoms with Gasteiger partial charge in [0.15, 0.2) is 0 Å². The summed E-state index contributed by atoms with van der Waals surface area (Å²) in [6, 6.07) is 0. The van der Waals surface area contributed by atoms with Crippen LogP contribution in [0.3, 0.4) is 0 Å². The van der Waals surface area contributed by atoms with Gasteiger partial charge in [-0.15, -0.1) is 0 Å². The standard InChI is InChI=1S/C2H4N2S/c3-4-1-2-5/h1-2H2/p+1. The van der Waals surface area contributed by atoms with Crippen molar-refractivity contribution in [1.82, 2.24) is 0 Å². The van der Waals surface area contributed by atoms with Crippen LogP contribution < -0.4 is 0 Å². The van der Waals surface area contributed by atoms with E-state index in [2.05, 4.69) is 17.6 Å². The molecule has 0 aromatic carbocycles. The summed E-state index contributed by atoms with van der Waals surface area (Å²) in [5, 5.41) is 7.64. The van der Waals surface area contributed by atoms with Gasteiger partial charge in [0.25, 0.3) is 0 Å². The van der Waals surface area contributed by atoms with Gasteiger partial charge < -0.3 is 0 Å². The van der Waals surface area contributed by atoms with Crippen LogP contribution in [-0.2, 0) is 0 Å². The SMILES string of the molecule is N#[N+]CCS. The molecule has 0 aromatic heterocycles. The number of diazo groups is 1. The first-order valence-electron chi connectivity index (χ1n) is 1.33. The molecule has 0 fully saturated rings. The van der Waals surface area contributed by atoms with Gasteiger partial charge in [-0.1, -0.05) is 0 Å². The van der Waals surface area contributed by atoms with Crippen LogP contribution in [0.2, 0.25) is 0 Å². The van der Waals surface area contributed by atoms with Crippen LogP contribution >= 0.6 is 12.6 Å². The van der Waals surface area contributed by atoms with Crippen LogP contribution in [0.1, 0.15) is 0 Å². The van der Waals surface area contributed by atoms with Crippen molar-refractivity contribution in [2.45, 2.75) is 0 Å². The van der Waals surface area contributed by atoms with E-state index in [1.165, 1.54) is 0 Å². The summed E-state index contributed by atoms with van der Waals surface area (Å²) >= 11 is 3.75. The lowest BCUT2D eigenvalue weighted by Crippen LogP contribution is -1.70. The van der Waals surface area contributed by atoms with Crippen molar-refractivity contribution in [2.24, 2.45) is 0 Å². The molecule has 2 nitrogen and oxygen atoms in total. The smallest absolute Gasteiger partial charge is 0.171 e. The predicted molar refractivity (Wildman–Crippen MR) is 23.8 cm³/mol. The van der Waals surface area contributed by atoms with Crippen LogP contribution in [0.15, 0.2) is 0 Å². The number of nitrogens with zero attached hydrogens (tertiary/aromatic N) is 2. The molecule has 0 aromatic rings. The molecule has 0 aliphatic heterocycles. The summed E-state index contributed by atoms with van der Waals surface area (Å²) < 4.78 is 0. The fraction of sp³-hybridized carbons (Fsp3) is 1.00. The maximum Gasteiger partial charge on any atom is 0.314 e. The zero-order valence-electron chi connectivity index (χ0n) is 2.76. The molecule has 0 saturated carbocycles. The molecule has 0 unspecified atom stereocenters. The van der Waals surface area contributed by atoms with Gasteiger partial charge in [-0.05, 0) is 0 Å².